The molecule has 1 heteroatoms. The molecule has 3 aliphatic carbocycles. The van der Waals surface area contributed by atoms with E-state index in [2.05, 4.69) is 62.4 Å². The highest BCUT2D eigenvalue weighted by atomic mass is 16.5. The second-order valence-corrected chi connectivity index (χ2v) is 11.2. The van der Waals surface area contributed by atoms with E-state index in [0.29, 0.717) is 5.92 Å². The Morgan fingerprint density at radius 1 is 0.812 bits per heavy atom. The van der Waals surface area contributed by atoms with Gasteiger partial charge in [0.15, 0.2) is 0 Å². The van der Waals surface area contributed by atoms with Crippen LogP contribution in [0.2, 0.25) is 0 Å². The van der Waals surface area contributed by atoms with Crippen molar-refractivity contribution in [2.75, 3.05) is 6.61 Å². The second kappa shape index (κ2) is 12.1. The first-order chi connectivity index (χ1) is 15.7. The third kappa shape index (κ3) is 7.00. The monoisotopic (exact) mass is 434 g/mol. The fourth-order valence-corrected chi connectivity index (χ4v) is 6.16. The van der Waals surface area contributed by atoms with Crippen LogP contribution in [0.3, 0.4) is 0 Å². The lowest BCUT2D eigenvalue weighted by Gasteiger charge is -2.28. The molecule has 3 aliphatic rings. The quantitative estimate of drug-likeness (QED) is 0.371. The minimum absolute atomic E-state index is 0.684. The number of hydrogen-bond acceptors (Lipinski definition) is 1. The van der Waals surface area contributed by atoms with Crippen molar-refractivity contribution >= 4 is 0 Å². The smallest absolute Gasteiger partial charge is 0.119 e. The van der Waals surface area contributed by atoms with Crippen LogP contribution in [0, 0.1) is 29.6 Å². The molecule has 0 aliphatic heterocycles. The Balaban J connectivity index is 1.14. The summed E-state index contributed by atoms with van der Waals surface area (Å²) < 4.78 is 6.20. The van der Waals surface area contributed by atoms with Gasteiger partial charge < -0.3 is 4.74 Å². The molecule has 176 valence electrons. The van der Waals surface area contributed by atoms with E-state index in [1.807, 2.05) is 0 Å². The van der Waals surface area contributed by atoms with Gasteiger partial charge in [-0.2, -0.15) is 0 Å². The van der Waals surface area contributed by atoms with E-state index >= 15 is 0 Å². The van der Waals surface area contributed by atoms with Gasteiger partial charge in [0.05, 0.1) is 6.61 Å². The highest BCUT2D eigenvalue weighted by molar-refractivity contribution is 5.29. The molecule has 1 aromatic rings. The molecule has 0 amide bonds. The number of benzene rings is 1. The van der Waals surface area contributed by atoms with Crippen LogP contribution in [0.1, 0.15) is 102 Å². The molecular weight excluding hydrogens is 388 g/mol. The van der Waals surface area contributed by atoms with E-state index in [9.17, 15) is 0 Å². The zero-order chi connectivity index (χ0) is 22.2. The van der Waals surface area contributed by atoms with Gasteiger partial charge in [0.25, 0.3) is 0 Å². The predicted octanol–water partition coefficient (Wildman–Crippen LogP) is 9.10. The van der Waals surface area contributed by atoms with E-state index in [1.54, 1.807) is 0 Å². The number of rotatable bonds is 8. The Bertz CT molecular complexity index is 713. The molecule has 0 heterocycles. The normalized spacial score (nSPS) is 33.4. The molecule has 2 fully saturated rings. The van der Waals surface area contributed by atoms with Crippen LogP contribution in [0.4, 0.5) is 0 Å². The van der Waals surface area contributed by atoms with Gasteiger partial charge in [0.1, 0.15) is 5.75 Å². The van der Waals surface area contributed by atoms with Gasteiger partial charge in [-0.3, -0.25) is 0 Å². The molecule has 0 saturated heterocycles. The molecule has 32 heavy (non-hydrogen) atoms. The molecular formula is C31H46O. The first-order valence-corrected chi connectivity index (χ1v) is 13.8. The maximum Gasteiger partial charge on any atom is 0.119 e. The third-order valence-electron chi connectivity index (χ3n) is 8.54. The largest absolute Gasteiger partial charge is 0.493 e. The molecule has 1 aromatic carbocycles. The second-order valence-electron chi connectivity index (χ2n) is 11.2. The number of hydrogen-bond donors (Lipinski definition) is 0. The lowest BCUT2D eigenvalue weighted by Crippen LogP contribution is -2.19. The third-order valence-corrected chi connectivity index (χ3v) is 8.54. The average molecular weight is 435 g/mol. The lowest BCUT2D eigenvalue weighted by atomic mass is 9.79. The van der Waals surface area contributed by atoms with E-state index < -0.39 is 0 Å². The summed E-state index contributed by atoms with van der Waals surface area (Å²) in [6.07, 6.45) is 26.2. The molecule has 2 unspecified atom stereocenters. The molecule has 0 N–H and O–H groups in total. The maximum atomic E-state index is 6.20. The summed E-state index contributed by atoms with van der Waals surface area (Å²) >= 11 is 0. The van der Waals surface area contributed by atoms with E-state index in [0.717, 1.165) is 41.9 Å². The van der Waals surface area contributed by atoms with Gasteiger partial charge in [-0.05, 0) is 111 Å². The van der Waals surface area contributed by atoms with E-state index in [4.69, 9.17) is 4.74 Å². The molecule has 2 saturated carbocycles. The Kier molecular flexibility index (Phi) is 8.94. The van der Waals surface area contributed by atoms with Gasteiger partial charge >= 0.3 is 0 Å². The highest BCUT2D eigenvalue weighted by Gasteiger charge is 2.22. The molecule has 0 radical (unpaired) electrons. The van der Waals surface area contributed by atoms with Crippen molar-refractivity contribution in [3.8, 4) is 5.75 Å². The maximum absolute atomic E-state index is 6.20. The van der Waals surface area contributed by atoms with Crippen LogP contribution in [-0.2, 0) is 0 Å². The van der Waals surface area contributed by atoms with Gasteiger partial charge in [-0.1, -0.05) is 69.5 Å². The number of allylic oxidation sites excluding steroid dienone is 4. The van der Waals surface area contributed by atoms with Crippen LogP contribution in [0.15, 0.2) is 48.6 Å². The van der Waals surface area contributed by atoms with Gasteiger partial charge in [-0.15, -0.1) is 0 Å². The van der Waals surface area contributed by atoms with Crippen LogP contribution < -0.4 is 4.74 Å². The molecule has 0 spiro atoms. The van der Waals surface area contributed by atoms with E-state index in [1.165, 1.54) is 82.6 Å². The van der Waals surface area contributed by atoms with Crippen molar-refractivity contribution in [2.24, 2.45) is 29.6 Å². The summed E-state index contributed by atoms with van der Waals surface area (Å²) in [4.78, 5) is 0. The van der Waals surface area contributed by atoms with Crippen LogP contribution >= 0.6 is 0 Å². The van der Waals surface area contributed by atoms with Crippen molar-refractivity contribution in [1.29, 1.82) is 0 Å². The summed E-state index contributed by atoms with van der Waals surface area (Å²) in [5.41, 5.74) is 1.52. The molecule has 2 atom stereocenters. The van der Waals surface area contributed by atoms with Crippen LogP contribution in [0.25, 0.3) is 0 Å². The minimum atomic E-state index is 0.684. The highest BCUT2D eigenvalue weighted by Crippen LogP contribution is 2.36. The molecule has 0 bridgehead atoms. The zero-order valence-electron chi connectivity index (χ0n) is 20.7. The average Bonchev–Trinajstić information content (AvgIpc) is 2.84. The predicted molar refractivity (Wildman–Crippen MR) is 137 cm³/mol. The molecule has 4 rings (SSSR count). The van der Waals surface area contributed by atoms with E-state index in [-0.39, 0.29) is 0 Å². The Hall–Kier alpha value is -1.50. The fraction of sp³-hybridized carbons (Fsp3) is 0.677. The van der Waals surface area contributed by atoms with Crippen LogP contribution in [-0.4, -0.2) is 6.61 Å². The van der Waals surface area contributed by atoms with Crippen molar-refractivity contribution in [2.45, 2.75) is 96.8 Å². The SMILES string of the molecule is CCCC1C=CC(/C=C/C2CCC(COc3ccc(C4CCC(C)CC4)cc3)CC2)CC1. The first-order valence-electron chi connectivity index (χ1n) is 13.8. The van der Waals surface area contributed by atoms with Crippen LogP contribution in [0.5, 0.6) is 5.75 Å². The molecule has 0 aromatic heterocycles. The summed E-state index contributed by atoms with van der Waals surface area (Å²) in [7, 11) is 0. The van der Waals surface area contributed by atoms with Gasteiger partial charge in [-0.25, -0.2) is 0 Å². The van der Waals surface area contributed by atoms with Crippen molar-refractivity contribution in [1.82, 2.24) is 0 Å². The Labute approximate surface area is 197 Å². The summed E-state index contributed by atoms with van der Waals surface area (Å²) in [6, 6.07) is 9.07. The lowest BCUT2D eigenvalue weighted by molar-refractivity contribution is 0.194. The van der Waals surface area contributed by atoms with Gasteiger partial charge in [0, 0.05) is 0 Å². The summed E-state index contributed by atoms with van der Waals surface area (Å²) in [6.45, 7) is 5.59. The van der Waals surface area contributed by atoms with Crippen molar-refractivity contribution < 1.29 is 4.74 Å². The topological polar surface area (TPSA) is 9.23 Å². The Morgan fingerprint density at radius 3 is 2.22 bits per heavy atom. The summed E-state index contributed by atoms with van der Waals surface area (Å²) in [5, 5.41) is 0. The standard InChI is InChI=1S/C31H46O/c1-3-4-25-7-9-26(10-8-25)11-12-27-13-15-28(16-14-27)23-32-31-21-19-30(20-22-31)29-17-5-24(2)6-18-29/h7,9,11-12,19-22,24-29H,3-6,8,10,13-18,23H2,1-2H3/b12-11+. The first kappa shape index (κ1) is 23.7. The fourth-order valence-electron chi connectivity index (χ4n) is 6.16. The Morgan fingerprint density at radius 2 is 1.56 bits per heavy atom. The van der Waals surface area contributed by atoms with Crippen molar-refractivity contribution in [3.63, 3.8) is 0 Å². The van der Waals surface area contributed by atoms with Crippen molar-refractivity contribution in [3.05, 3.63) is 54.1 Å². The molecule has 1 nitrogen and oxygen atoms in total. The number of ether oxygens (including phenoxy) is 1. The summed E-state index contributed by atoms with van der Waals surface area (Å²) in [5.74, 6) is 5.78. The van der Waals surface area contributed by atoms with Gasteiger partial charge in [0.2, 0.25) is 0 Å². The minimum Gasteiger partial charge on any atom is -0.493 e. The zero-order valence-corrected chi connectivity index (χ0v) is 20.7.